The predicted octanol–water partition coefficient (Wildman–Crippen LogP) is 4.17. The van der Waals surface area contributed by atoms with Gasteiger partial charge < -0.3 is 25.3 Å². The molecular weight excluding hydrogens is 520 g/mol. The van der Waals surface area contributed by atoms with Gasteiger partial charge in [-0.05, 0) is 54.7 Å². The minimum atomic E-state index is -0.211. The molecule has 2 aromatic carbocycles. The second kappa shape index (κ2) is 11.4. The Labute approximate surface area is 205 Å². The lowest BCUT2D eigenvalue weighted by Crippen LogP contribution is -2.41. The number of guanidine groups is 1. The zero-order valence-electron chi connectivity index (χ0n) is 18.5. The maximum Gasteiger partial charge on any atom is 0.190 e. The number of fused-ring (bicyclic) bond motifs is 1. The number of nitrogens with zero attached hydrogens (tertiary/aromatic N) is 2. The number of nitrogens with one attached hydrogen (secondary N) is 3. The van der Waals surface area contributed by atoms with E-state index in [2.05, 4.69) is 37.6 Å². The molecule has 1 fully saturated rings. The van der Waals surface area contributed by atoms with E-state index in [9.17, 15) is 4.39 Å². The average molecular weight is 551 g/mol. The quantitative estimate of drug-likeness (QED) is 0.235. The number of hydrogen-bond acceptors (Lipinski definition) is 3. The smallest absolute Gasteiger partial charge is 0.190 e. The molecule has 1 aliphatic rings. The van der Waals surface area contributed by atoms with Gasteiger partial charge in [0.15, 0.2) is 5.96 Å². The molecule has 8 heteroatoms. The summed E-state index contributed by atoms with van der Waals surface area (Å²) in [5, 5.41) is 7.76. The van der Waals surface area contributed by atoms with Gasteiger partial charge in [0.2, 0.25) is 0 Å². The molecule has 0 spiro atoms. The first-order valence-corrected chi connectivity index (χ1v) is 10.8. The zero-order chi connectivity index (χ0) is 21.6. The first kappa shape index (κ1) is 24.2. The molecule has 32 heavy (non-hydrogen) atoms. The van der Waals surface area contributed by atoms with Gasteiger partial charge in [0.25, 0.3) is 0 Å². The normalized spacial score (nSPS) is 16.2. The van der Waals surface area contributed by atoms with Gasteiger partial charge in [-0.3, -0.25) is 4.99 Å². The molecule has 1 unspecified atom stereocenters. The summed E-state index contributed by atoms with van der Waals surface area (Å²) < 4.78 is 19.1. The molecular formula is C24H31FIN5O. The van der Waals surface area contributed by atoms with Gasteiger partial charge in [0.1, 0.15) is 11.6 Å². The van der Waals surface area contributed by atoms with E-state index in [1.807, 2.05) is 18.3 Å². The van der Waals surface area contributed by atoms with Crippen molar-refractivity contribution in [1.82, 2.24) is 15.6 Å². The molecule has 6 nitrogen and oxygen atoms in total. The number of halogens is 2. The Morgan fingerprint density at radius 2 is 2.09 bits per heavy atom. The van der Waals surface area contributed by atoms with Crippen LogP contribution in [0.3, 0.4) is 0 Å². The standard InChI is InChI=1S/C24H30FN5O.HI/c1-26-24(27-11-9-18-15-28-21-8-7-19(25)13-20(18)21)29-14-17-10-12-30(16-17)22-5-3-4-6-23(22)31-2;/h3-8,13,15,17,28H,9-12,14,16H2,1-2H3,(H2,26,27,29);1H. The molecule has 1 atom stereocenters. The molecule has 3 N–H and O–H groups in total. The van der Waals surface area contributed by atoms with E-state index in [0.717, 1.165) is 72.9 Å². The summed E-state index contributed by atoms with van der Waals surface area (Å²) >= 11 is 0. The Morgan fingerprint density at radius 1 is 1.25 bits per heavy atom. The highest BCUT2D eigenvalue weighted by molar-refractivity contribution is 14.0. The number of aromatic amines is 1. The lowest BCUT2D eigenvalue weighted by molar-refractivity contribution is 0.414. The van der Waals surface area contributed by atoms with Crippen molar-refractivity contribution in [1.29, 1.82) is 0 Å². The number of aliphatic imine (C=N–C) groups is 1. The van der Waals surface area contributed by atoms with Crippen molar-refractivity contribution in [3.63, 3.8) is 0 Å². The lowest BCUT2D eigenvalue weighted by Gasteiger charge is -2.21. The number of benzene rings is 2. The summed E-state index contributed by atoms with van der Waals surface area (Å²) in [5.74, 6) is 2.05. The number of methoxy groups -OCH3 is 1. The van der Waals surface area contributed by atoms with Crippen molar-refractivity contribution < 1.29 is 9.13 Å². The van der Waals surface area contributed by atoms with Gasteiger partial charge >= 0.3 is 0 Å². The number of hydrogen-bond donors (Lipinski definition) is 3. The highest BCUT2D eigenvalue weighted by Gasteiger charge is 2.24. The topological polar surface area (TPSA) is 64.7 Å². The molecule has 4 rings (SSSR count). The zero-order valence-corrected chi connectivity index (χ0v) is 20.9. The third kappa shape index (κ3) is 5.65. The molecule has 0 amide bonds. The largest absolute Gasteiger partial charge is 0.495 e. The van der Waals surface area contributed by atoms with Crippen molar-refractivity contribution >= 4 is 46.5 Å². The summed E-state index contributed by atoms with van der Waals surface area (Å²) in [5.41, 5.74) is 3.21. The van der Waals surface area contributed by atoms with Crippen molar-refractivity contribution in [2.75, 3.05) is 45.2 Å². The van der Waals surface area contributed by atoms with Crippen molar-refractivity contribution in [3.8, 4) is 5.75 Å². The predicted molar refractivity (Wildman–Crippen MR) is 140 cm³/mol. The Bertz CT molecular complexity index is 1050. The van der Waals surface area contributed by atoms with E-state index in [-0.39, 0.29) is 29.8 Å². The summed E-state index contributed by atoms with van der Waals surface area (Å²) in [4.78, 5) is 9.93. The van der Waals surface area contributed by atoms with E-state index in [0.29, 0.717) is 5.92 Å². The number of H-pyrrole nitrogens is 1. The molecule has 1 aromatic heterocycles. The highest BCUT2D eigenvalue weighted by atomic mass is 127. The number of rotatable bonds is 7. The van der Waals surface area contributed by atoms with E-state index >= 15 is 0 Å². The molecule has 172 valence electrons. The Kier molecular flexibility index (Phi) is 8.60. The Balaban J connectivity index is 0.00000289. The van der Waals surface area contributed by atoms with Crippen LogP contribution in [-0.2, 0) is 6.42 Å². The van der Waals surface area contributed by atoms with Gasteiger partial charge in [-0.25, -0.2) is 4.39 Å². The van der Waals surface area contributed by atoms with Crippen LogP contribution >= 0.6 is 24.0 Å². The Hall–Kier alpha value is -2.49. The van der Waals surface area contributed by atoms with Gasteiger partial charge in [0.05, 0.1) is 12.8 Å². The Morgan fingerprint density at radius 3 is 2.91 bits per heavy atom. The van der Waals surface area contributed by atoms with Crippen LogP contribution in [0.1, 0.15) is 12.0 Å². The minimum Gasteiger partial charge on any atom is -0.495 e. The van der Waals surface area contributed by atoms with Crippen LogP contribution in [-0.4, -0.2) is 51.3 Å². The number of aromatic nitrogens is 1. The first-order chi connectivity index (χ1) is 15.2. The van der Waals surface area contributed by atoms with Crippen LogP contribution in [0.15, 0.2) is 53.7 Å². The summed E-state index contributed by atoms with van der Waals surface area (Å²) in [6.45, 7) is 3.60. The monoisotopic (exact) mass is 551 g/mol. The average Bonchev–Trinajstić information content (AvgIpc) is 3.43. The van der Waals surface area contributed by atoms with Gasteiger partial charge in [0, 0.05) is 50.3 Å². The second-order valence-corrected chi connectivity index (χ2v) is 7.91. The third-order valence-electron chi connectivity index (χ3n) is 5.91. The van der Waals surface area contributed by atoms with Crippen LogP contribution in [0.25, 0.3) is 10.9 Å². The fourth-order valence-corrected chi connectivity index (χ4v) is 4.24. The molecule has 1 saturated heterocycles. The van der Waals surface area contributed by atoms with Gasteiger partial charge in [-0.1, -0.05) is 12.1 Å². The second-order valence-electron chi connectivity index (χ2n) is 7.91. The number of para-hydroxylation sites is 2. The SMILES string of the molecule is CN=C(NCCc1c[nH]c2ccc(F)cc12)NCC1CCN(c2ccccc2OC)C1.I. The number of ether oxygens (including phenoxy) is 1. The molecule has 0 radical (unpaired) electrons. The van der Waals surface area contributed by atoms with E-state index in [1.54, 1.807) is 26.3 Å². The van der Waals surface area contributed by atoms with Crippen LogP contribution < -0.4 is 20.3 Å². The molecule has 1 aliphatic heterocycles. The van der Waals surface area contributed by atoms with Crippen LogP contribution in [0.5, 0.6) is 5.75 Å². The third-order valence-corrected chi connectivity index (χ3v) is 5.91. The summed E-state index contributed by atoms with van der Waals surface area (Å²) in [6, 6.07) is 13.0. The molecule has 0 saturated carbocycles. The van der Waals surface area contributed by atoms with Crippen molar-refractivity contribution in [2.45, 2.75) is 12.8 Å². The molecule has 0 bridgehead atoms. The molecule has 0 aliphatic carbocycles. The highest BCUT2D eigenvalue weighted by Crippen LogP contribution is 2.31. The van der Waals surface area contributed by atoms with E-state index in [4.69, 9.17) is 4.74 Å². The lowest BCUT2D eigenvalue weighted by atomic mass is 10.1. The maximum absolute atomic E-state index is 13.6. The van der Waals surface area contributed by atoms with Crippen LogP contribution in [0.2, 0.25) is 0 Å². The molecule has 3 aromatic rings. The van der Waals surface area contributed by atoms with E-state index < -0.39 is 0 Å². The van der Waals surface area contributed by atoms with Crippen LogP contribution in [0, 0.1) is 11.7 Å². The fourth-order valence-electron chi connectivity index (χ4n) is 4.24. The summed E-state index contributed by atoms with van der Waals surface area (Å²) in [6.07, 6.45) is 3.87. The van der Waals surface area contributed by atoms with Crippen LogP contribution in [0.4, 0.5) is 10.1 Å². The minimum absolute atomic E-state index is 0. The fraction of sp³-hybridized carbons (Fsp3) is 0.375. The van der Waals surface area contributed by atoms with Gasteiger partial charge in [-0.2, -0.15) is 0 Å². The maximum atomic E-state index is 13.6. The van der Waals surface area contributed by atoms with Crippen molar-refractivity contribution in [3.05, 3.63) is 60.0 Å². The van der Waals surface area contributed by atoms with Gasteiger partial charge in [-0.15, -0.1) is 24.0 Å². The van der Waals surface area contributed by atoms with E-state index in [1.165, 1.54) is 6.07 Å². The number of anilines is 1. The first-order valence-electron chi connectivity index (χ1n) is 10.8. The van der Waals surface area contributed by atoms with Crippen molar-refractivity contribution in [2.24, 2.45) is 10.9 Å². The summed E-state index contributed by atoms with van der Waals surface area (Å²) in [7, 11) is 3.50. The molecule has 2 heterocycles.